The molecular formula is C5H7N2O. The summed E-state index contributed by atoms with van der Waals surface area (Å²) < 4.78 is 4.78. The number of aromatic nitrogens is 2. The largest absolute Gasteiger partial charge is 0.480 e. The van der Waals surface area contributed by atoms with Gasteiger partial charge in [-0.3, -0.25) is 5.10 Å². The first kappa shape index (κ1) is 5.15. The summed E-state index contributed by atoms with van der Waals surface area (Å²) in [7, 11) is 1.56. The zero-order chi connectivity index (χ0) is 5.98. The smallest absolute Gasteiger partial charge is 0.235 e. The van der Waals surface area contributed by atoms with Gasteiger partial charge in [-0.05, 0) is 6.92 Å². The Bertz CT molecular complexity index is 171. The van der Waals surface area contributed by atoms with Crippen LogP contribution in [0.5, 0.6) is 5.88 Å². The second-order valence-electron chi connectivity index (χ2n) is 1.42. The topological polar surface area (TPSA) is 37.9 Å². The SMILES string of the molecule is [CH2]c1c[nH]nc1OC. The molecule has 1 heterocycles. The van der Waals surface area contributed by atoms with Crippen LogP contribution >= 0.6 is 0 Å². The van der Waals surface area contributed by atoms with Gasteiger partial charge in [-0.15, -0.1) is 5.10 Å². The lowest BCUT2D eigenvalue weighted by Crippen LogP contribution is -1.83. The van der Waals surface area contributed by atoms with Crippen LogP contribution in [0.2, 0.25) is 0 Å². The minimum Gasteiger partial charge on any atom is -0.480 e. The number of hydrogen-bond donors (Lipinski definition) is 1. The van der Waals surface area contributed by atoms with Crippen LogP contribution in [0.25, 0.3) is 0 Å². The van der Waals surface area contributed by atoms with Crippen molar-refractivity contribution in [3.63, 3.8) is 0 Å². The van der Waals surface area contributed by atoms with Gasteiger partial charge in [0.2, 0.25) is 5.88 Å². The summed E-state index contributed by atoms with van der Waals surface area (Å²) >= 11 is 0. The molecular weight excluding hydrogens is 104 g/mol. The van der Waals surface area contributed by atoms with Crippen LogP contribution in [0.3, 0.4) is 0 Å². The number of aromatic amines is 1. The van der Waals surface area contributed by atoms with Gasteiger partial charge in [0.1, 0.15) is 0 Å². The minimum atomic E-state index is 0.560. The number of rotatable bonds is 1. The van der Waals surface area contributed by atoms with Crippen LogP contribution in [0.15, 0.2) is 6.20 Å². The van der Waals surface area contributed by atoms with E-state index in [2.05, 4.69) is 17.1 Å². The number of ether oxygens (including phenoxy) is 1. The molecule has 1 aromatic heterocycles. The lowest BCUT2D eigenvalue weighted by molar-refractivity contribution is 0.395. The predicted molar refractivity (Wildman–Crippen MR) is 29.6 cm³/mol. The molecule has 0 bridgehead atoms. The third kappa shape index (κ3) is 0.665. The van der Waals surface area contributed by atoms with Gasteiger partial charge in [0, 0.05) is 11.8 Å². The van der Waals surface area contributed by atoms with Gasteiger partial charge in [-0.25, -0.2) is 0 Å². The Hall–Kier alpha value is -0.990. The Morgan fingerprint density at radius 3 is 2.88 bits per heavy atom. The maximum Gasteiger partial charge on any atom is 0.235 e. The van der Waals surface area contributed by atoms with Crippen molar-refractivity contribution in [2.75, 3.05) is 7.11 Å². The molecule has 0 aliphatic rings. The van der Waals surface area contributed by atoms with E-state index in [9.17, 15) is 0 Å². The normalized spacial score (nSPS) is 9.25. The first-order valence-electron chi connectivity index (χ1n) is 2.24. The third-order valence-corrected chi connectivity index (χ3v) is 0.873. The molecule has 3 nitrogen and oxygen atoms in total. The molecule has 0 aromatic carbocycles. The molecule has 0 unspecified atom stereocenters. The Morgan fingerprint density at radius 2 is 2.62 bits per heavy atom. The van der Waals surface area contributed by atoms with Crippen LogP contribution in [0.4, 0.5) is 0 Å². The molecule has 1 aromatic rings. The number of hydrogen-bond acceptors (Lipinski definition) is 2. The lowest BCUT2D eigenvalue weighted by Gasteiger charge is -1.89. The monoisotopic (exact) mass is 111 g/mol. The summed E-state index contributed by atoms with van der Waals surface area (Å²) in [6.45, 7) is 3.63. The van der Waals surface area contributed by atoms with Crippen molar-refractivity contribution in [1.82, 2.24) is 10.2 Å². The van der Waals surface area contributed by atoms with Crippen molar-refractivity contribution in [1.29, 1.82) is 0 Å². The molecule has 0 atom stereocenters. The van der Waals surface area contributed by atoms with E-state index in [4.69, 9.17) is 4.74 Å². The zero-order valence-corrected chi connectivity index (χ0v) is 4.64. The molecule has 0 aliphatic heterocycles. The van der Waals surface area contributed by atoms with Gasteiger partial charge in [0.15, 0.2) is 0 Å². The summed E-state index contributed by atoms with van der Waals surface area (Å²) in [6, 6.07) is 0. The first-order chi connectivity index (χ1) is 3.84. The van der Waals surface area contributed by atoms with Gasteiger partial charge in [0.25, 0.3) is 0 Å². The molecule has 3 heteroatoms. The van der Waals surface area contributed by atoms with E-state index in [1.54, 1.807) is 13.3 Å². The van der Waals surface area contributed by atoms with Gasteiger partial charge >= 0.3 is 0 Å². The summed E-state index contributed by atoms with van der Waals surface area (Å²) in [6.07, 6.45) is 1.68. The molecule has 0 saturated carbocycles. The van der Waals surface area contributed by atoms with Crippen LogP contribution in [-0.4, -0.2) is 17.3 Å². The molecule has 0 aliphatic carbocycles. The van der Waals surface area contributed by atoms with Crippen LogP contribution in [-0.2, 0) is 0 Å². The highest BCUT2D eigenvalue weighted by Gasteiger charge is 1.95. The second-order valence-corrected chi connectivity index (χ2v) is 1.42. The maximum absolute atomic E-state index is 4.78. The second kappa shape index (κ2) is 1.86. The van der Waals surface area contributed by atoms with E-state index < -0.39 is 0 Å². The van der Waals surface area contributed by atoms with Gasteiger partial charge in [0.05, 0.1) is 7.11 Å². The molecule has 8 heavy (non-hydrogen) atoms. The fraction of sp³-hybridized carbons (Fsp3) is 0.200. The fourth-order valence-corrected chi connectivity index (χ4v) is 0.479. The third-order valence-electron chi connectivity index (χ3n) is 0.873. The molecule has 1 radical (unpaired) electrons. The van der Waals surface area contributed by atoms with Crippen LogP contribution < -0.4 is 4.74 Å². The van der Waals surface area contributed by atoms with E-state index in [-0.39, 0.29) is 0 Å². The van der Waals surface area contributed by atoms with E-state index in [0.717, 1.165) is 5.56 Å². The van der Waals surface area contributed by atoms with Crippen molar-refractivity contribution in [2.45, 2.75) is 0 Å². The molecule has 0 amide bonds. The Kier molecular flexibility index (Phi) is 1.20. The lowest BCUT2D eigenvalue weighted by atomic mass is 10.4. The fourth-order valence-electron chi connectivity index (χ4n) is 0.479. The number of H-pyrrole nitrogens is 1. The van der Waals surface area contributed by atoms with E-state index in [0.29, 0.717) is 5.88 Å². The highest BCUT2D eigenvalue weighted by molar-refractivity contribution is 5.24. The summed E-state index contributed by atoms with van der Waals surface area (Å²) in [5.41, 5.74) is 0.785. The van der Waals surface area contributed by atoms with Gasteiger partial charge < -0.3 is 4.74 Å². The van der Waals surface area contributed by atoms with Crippen molar-refractivity contribution < 1.29 is 4.74 Å². The van der Waals surface area contributed by atoms with Crippen molar-refractivity contribution in [3.8, 4) is 5.88 Å². The van der Waals surface area contributed by atoms with Gasteiger partial charge in [-0.2, -0.15) is 0 Å². The minimum absolute atomic E-state index is 0.560. The standard InChI is InChI=1S/C5H7N2O/c1-4-3-6-7-5(4)8-2/h3H,1H2,2H3,(H,6,7). The quantitative estimate of drug-likeness (QED) is 0.576. The summed E-state index contributed by atoms with van der Waals surface area (Å²) in [5.74, 6) is 0.560. The Balaban J connectivity index is 2.92. The van der Waals surface area contributed by atoms with E-state index in [1.807, 2.05) is 0 Å². The summed E-state index contributed by atoms with van der Waals surface area (Å²) in [4.78, 5) is 0. The molecule has 0 spiro atoms. The Labute approximate surface area is 47.7 Å². The van der Waals surface area contributed by atoms with Gasteiger partial charge in [-0.1, -0.05) is 0 Å². The van der Waals surface area contributed by atoms with Crippen molar-refractivity contribution in [3.05, 3.63) is 18.7 Å². The predicted octanol–water partition coefficient (Wildman–Crippen LogP) is 0.600. The number of methoxy groups -OCH3 is 1. The maximum atomic E-state index is 4.78. The van der Waals surface area contributed by atoms with Crippen LogP contribution in [0, 0.1) is 6.92 Å². The van der Waals surface area contributed by atoms with E-state index in [1.165, 1.54) is 0 Å². The molecule has 43 valence electrons. The van der Waals surface area contributed by atoms with Crippen LogP contribution in [0.1, 0.15) is 5.56 Å². The van der Waals surface area contributed by atoms with Crippen molar-refractivity contribution >= 4 is 0 Å². The average Bonchev–Trinajstić information content (AvgIpc) is 2.14. The molecule has 0 fully saturated rings. The molecule has 1 rings (SSSR count). The number of nitrogens with one attached hydrogen (secondary N) is 1. The highest BCUT2D eigenvalue weighted by atomic mass is 16.5. The zero-order valence-electron chi connectivity index (χ0n) is 4.64. The first-order valence-corrected chi connectivity index (χ1v) is 2.24. The molecule has 0 saturated heterocycles. The average molecular weight is 111 g/mol. The molecule has 1 N–H and O–H groups in total. The number of nitrogens with zero attached hydrogens (tertiary/aromatic N) is 1. The van der Waals surface area contributed by atoms with Crippen molar-refractivity contribution in [2.24, 2.45) is 0 Å². The Morgan fingerprint density at radius 1 is 1.88 bits per heavy atom. The highest BCUT2D eigenvalue weighted by Crippen LogP contribution is 2.09. The van der Waals surface area contributed by atoms with E-state index >= 15 is 0 Å². The summed E-state index contributed by atoms with van der Waals surface area (Å²) in [5, 5.41) is 6.34.